The minimum Gasteiger partial charge on any atom is -0.286 e. The summed E-state index contributed by atoms with van der Waals surface area (Å²) in [5, 5.41) is 0. The SMILES string of the molecule is CC1CC1.CS(=O)(=O)O. The van der Waals surface area contributed by atoms with Gasteiger partial charge in [-0.3, -0.25) is 4.55 Å². The molecule has 0 atom stereocenters. The van der Waals surface area contributed by atoms with Gasteiger partial charge in [0.05, 0.1) is 6.26 Å². The van der Waals surface area contributed by atoms with Gasteiger partial charge in [-0.25, -0.2) is 0 Å². The normalized spacial score (nSPS) is 18.1. The quantitative estimate of drug-likeness (QED) is 0.525. The molecule has 0 aromatic heterocycles. The molecule has 0 unspecified atom stereocenters. The van der Waals surface area contributed by atoms with Gasteiger partial charge in [-0.2, -0.15) is 8.42 Å². The largest absolute Gasteiger partial charge is 0.286 e. The lowest BCUT2D eigenvalue weighted by atomic mass is 10.5. The van der Waals surface area contributed by atoms with Crippen LogP contribution >= 0.6 is 0 Å². The molecule has 0 spiro atoms. The molecule has 0 aromatic carbocycles. The standard InChI is InChI=1S/C4H8.CH4O3S/c1-4-2-3-4;1-5(2,3)4/h4H,2-3H2,1H3;1H3,(H,2,3,4). The molecule has 1 aliphatic carbocycles. The third kappa shape index (κ3) is 32.6. The average Bonchev–Trinajstić information content (AvgIpc) is 2.13. The summed E-state index contributed by atoms with van der Waals surface area (Å²) in [5.41, 5.74) is 0. The van der Waals surface area contributed by atoms with Crippen LogP contribution in [0.4, 0.5) is 0 Å². The van der Waals surface area contributed by atoms with E-state index in [0.717, 1.165) is 5.92 Å². The van der Waals surface area contributed by atoms with Crippen molar-refractivity contribution in [3.05, 3.63) is 0 Å². The zero-order valence-corrected chi connectivity index (χ0v) is 6.48. The zero-order valence-electron chi connectivity index (χ0n) is 5.66. The summed E-state index contributed by atoms with van der Waals surface area (Å²) in [5.74, 6) is 1.08. The van der Waals surface area contributed by atoms with Crippen LogP contribution in [0.25, 0.3) is 0 Å². The molecule has 1 aliphatic rings. The van der Waals surface area contributed by atoms with E-state index in [2.05, 4.69) is 6.92 Å². The highest BCUT2D eigenvalue weighted by Crippen LogP contribution is 2.26. The Balaban J connectivity index is 0.000000144. The van der Waals surface area contributed by atoms with Gasteiger partial charge in [0.1, 0.15) is 0 Å². The number of rotatable bonds is 0. The maximum Gasteiger partial charge on any atom is 0.261 e. The maximum absolute atomic E-state index is 9.19. The molecule has 9 heavy (non-hydrogen) atoms. The second-order valence-electron chi connectivity index (χ2n) is 2.42. The van der Waals surface area contributed by atoms with Crippen LogP contribution in [0.15, 0.2) is 0 Å². The Bertz CT molecular complexity index is 147. The summed E-state index contributed by atoms with van der Waals surface area (Å²) in [4.78, 5) is 0. The Labute approximate surface area is 55.8 Å². The van der Waals surface area contributed by atoms with Crippen molar-refractivity contribution in [3.63, 3.8) is 0 Å². The molecule has 4 heteroatoms. The number of hydrogen-bond acceptors (Lipinski definition) is 2. The first-order valence-corrected chi connectivity index (χ1v) is 4.67. The van der Waals surface area contributed by atoms with E-state index in [-0.39, 0.29) is 0 Å². The summed E-state index contributed by atoms with van der Waals surface area (Å²) in [7, 11) is -3.67. The van der Waals surface area contributed by atoms with Crippen molar-refractivity contribution in [2.24, 2.45) is 5.92 Å². The molecule has 0 heterocycles. The van der Waals surface area contributed by atoms with E-state index >= 15 is 0 Å². The van der Waals surface area contributed by atoms with Crippen molar-refractivity contribution in [2.45, 2.75) is 19.8 Å². The molecule has 0 radical (unpaired) electrons. The Morgan fingerprint density at radius 2 is 1.56 bits per heavy atom. The van der Waals surface area contributed by atoms with Gasteiger partial charge in [-0.15, -0.1) is 0 Å². The van der Waals surface area contributed by atoms with Crippen LogP contribution in [0.2, 0.25) is 0 Å². The van der Waals surface area contributed by atoms with Crippen LogP contribution in [0.3, 0.4) is 0 Å². The van der Waals surface area contributed by atoms with E-state index in [1.807, 2.05) is 0 Å². The highest BCUT2D eigenvalue weighted by molar-refractivity contribution is 7.85. The molecular formula is C5H12O3S. The molecule has 0 saturated heterocycles. The first-order valence-electron chi connectivity index (χ1n) is 2.82. The summed E-state index contributed by atoms with van der Waals surface area (Å²) >= 11 is 0. The second-order valence-corrected chi connectivity index (χ2v) is 3.88. The predicted octanol–water partition coefficient (Wildman–Crippen LogP) is 0.920. The van der Waals surface area contributed by atoms with E-state index in [4.69, 9.17) is 4.55 Å². The molecule has 0 aromatic rings. The van der Waals surface area contributed by atoms with Crippen LogP contribution in [-0.2, 0) is 10.1 Å². The summed E-state index contributed by atoms with van der Waals surface area (Å²) in [6.07, 6.45) is 3.69. The molecule has 0 amide bonds. The highest BCUT2D eigenvalue weighted by Gasteiger charge is 2.12. The molecule has 0 bridgehead atoms. The minimum atomic E-state index is -3.67. The van der Waals surface area contributed by atoms with Crippen LogP contribution < -0.4 is 0 Å². The van der Waals surface area contributed by atoms with Gasteiger partial charge in [-0.05, 0) is 5.92 Å². The number of hydrogen-bond donors (Lipinski definition) is 1. The fraction of sp³-hybridized carbons (Fsp3) is 1.00. The molecule has 1 rings (SSSR count). The fourth-order valence-corrected chi connectivity index (χ4v) is 0.167. The van der Waals surface area contributed by atoms with Crippen LogP contribution in [-0.4, -0.2) is 19.2 Å². The van der Waals surface area contributed by atoms with Gasteiger partial charge in [0.25, 0.3) is 10.1 Å². The van der Waals surface area contributed by atoms with Crippen LogP contribution in [0, 0.1) is 5.92 Å². The van der Waals surface area contributed by atoms with Crippen molar-refractivity contribution >= 4 is 10.1 Å². The molecule has 1 fully saturated rings. The van der Waals surface area contributed by atoms with Gasteiger partial charge in [0, 0.05) is 0 Å². The van der Waals surface area contributed by atoms with Crippen molar-refractivity contribution in [1.82, 2.24) is 0 Å². The smallest absolute Gasteiger partial charge is 0.261 e. The lowest BCUT2D eigenvalue weighted by molar-refractivity contribution is 0.490. The van der Waals surface area contributed by atoms with Crippen molar-refractivity contribution in [3.8, 4) is 0 Å². The topological polar surface area (TPSA) is 54.4 Å². The first-order chi connectivity index (χ1) is 3.89. The van der Waals surface area contributed by atoms with E-state index in [1.165, 1.54) is 12.8 Å². The van der Waals surface area contributed by atoms with E-state index in [0.29, 0.717) is 6.26 Å². The first kappa shape index (κ1) is 8.91. The molecule has 56 valence electrons. The van der Waals surface area contributed by atoms with Crippen molar-refractivity contribution < 1.29 is 13.0 Å². The average molecular weight is 152 g/mol. The Morgan fingerprint density at radius 1 is 1.44 bits per heavy atom. The van der Waals surface area contributed by atoms with Crippen molar-refractivity contribution in [1.29, 1.82) is 0 Å². The Morgan fingerprint density at radius 3 is 1.56 bits per heavy atom. The molecule has 3 nitrogen and oxygen atoms in total. The van der Waals surface area contributed by atoms with Crippen LogP contribution in [0.5, 0.6) is 0 Å². The fourth-order valence-electron chi connectivity index (χ4n) is 0.167. The summed E-state index contributed by atoms with van der Waals surface area (Å²) in [6.45, 7) is 2.28. The van der Waals surface area contributed by atoms with Gasteiger partial charge >= 0.3 is 0 Å². The lowest BCUT2D eigenvalue weighted by Gasteiger charge is -1.69. The second kappa shape index (κ2) is 3.17. The lowest BCUT2D eigenvalue weighted by Crippen LogP contribution is -1.88. The Kier molecular flexibility index (Phi) is 3.14. The van der Waals surface area contributed by atoms with E-state index in [1.54, 1.807) is 0 Å². The monoisotopic (exact) mass is 152 g/mol. The summed E-state index contributed by atoms with van der Waals surface area (Å²) < 4.78 is 25.9. The summed E-state index contributed by atoms with van der Waals surface area (Å²) in [6, 6.07) is 0. The van der Waals surface area contributed by atoms with E-state index < -0.39 is 10.1 Å². The maximum atomic E-state index is 9.19. The highest BCUT2D eigenvalue weighted by atomic mass is 32.2. The third-order valence-electron chi connectivity index (χ3n) is 0.866. The zero-order chi connectivity index (χ0) is 7.49. The third-order valence-corrected chi connectivity index (χ3v) is 0.866. The molecule has 1 saturated carbocycles. The van der Waals surface area contributed by atoms with Gasteiger partial charge < -0.3 is 0 Å². The van der Waals surface area contributed by atoms with Gasteiger partial charge in [0.15, 0.2) is 0 Å². The molecule has 0 aliphatic heterocycles. The minimum absolute atomic E-state index is 0.715. The van der Waals surface area contributed by atoms with Crippen molar-refractivity contribution in [2.75, 3.05) is 6.26 Å². The van der Waals surface area contributed by atoms with Crippen LogP contribution in [0.1, 0.15) is 19.8 Å². The molecule has 1 N–H and O–H groups in total. The Hall–Kier alpha value is -0.0900. The molecular weight excluding hydrogens is 140 g/mol. The predicted molar refractivity (Wildman–Crippen MR) is 35.9 cm³/mol. The van der Waals surface area contributed by atoms with Gasteiger partial charge in [-0.1, -0.05) is 19.8 Å². The van der Waals surface area contributed by atoms with Gasteiger partial charge in [0.2, 0.25) is 0 Å². The van der Waals surface area contributed by atoms with E-state index in [9.17, 15) is 8.42 Å².